The molecule has 0 bridgehead atoms. The van der Waals surface area contributed by atoms with Crippen LogP contribution in [0.5, 0.6) is 0 Å². The van der Waals surface area contributed by atoms with Crippen molar-refractivity contribution in [1.29, 1.82) is 0 Å². The molecule has 0 amide bonds. The van der Waals surface area contributed by atoms with Crippen molar-refractivity contribution in [3.63, 3.8) is 0 Å². The van der Waals surface area contributed by atoms with Gasteiger partial charge in [0.05, 0.1) is 12.2 Å². The third-order valence-electron chi connectivity index (χ3n) is 3.47. The van der Waals surface area contributed by atoms with E-state index in [0.29, 0.717) is 12.2 Å². The third kappa shape index (κ3) is 4.92. The summed E-state index contributed by atoms with van der Waals surface area (Å²) >= 11 is 0. The predicted octanol–water partition coefficient (Wildman–Crippen LogP) is 4.56. The summed E-state index contributed by atoms with van der Waals surface area (Å²) in [6.45, 7) is 5.40. The summed E-state index contributed by atoms with van der Waals surface area (Å²) < 4.78 is 5.19. The van der Waals surface area contributed by atoms with Gasteiger partial charge >= 0.3 is 5.97 Å². The maximum atomic E-state index is 11.8. The minimum absolute atomic E-state index is 0.251. The van der Waals surface area contributed by atoms with Crippen LogP contribution in [-0.2, 0) is 11.3 Å². The second-order valence-electron chi connectivity index (χ2n) is 5.41. The second kappa shape index (κ2) is 8.23. The molecule has 0 fully saturated rings. The summed E-state index contributed by atoms with van der Waals surface area (Å²) in [5.41, 5.74) is 4.08. The Morgan fingerprint density at radius 2 is 1.73 bits per heavy atom. The van der Waals surface area contributed by atoms with E-state index in [-0.39, 0.29) is 5.97 Å². The smallest absolute Gasteiger partial charge is 0.338 e. The number of nitrogens with one attached hydrogen (secondary N) is 1. The van der Waals surface area contributed by atoms with E-state index in [2.05, 4.69) is 43.4 Å². The van der Waals surface area contributed by atoms with Gasteiger partial charge in [0.15, 0.2) is 0 Å². The normalized spacial score (nSPS) is 10.3. The largest absolute Gasteiger partial charge is 0.462 e. The number of unbranched alkanes of at least 4 members (excludes halogenated alkanes) is 1. The van der Waals surface area contributed by atoms with Crippen LogP contribution in [0.1, 0.15) is 41.3 Å². The molecule has 1 N–H and O–H groups in total. The SMILES string of the molecule is CCCCOC(=O)c1ccc(NCc2ccc(C)cc2)cc1. The van der Waals surface area contributed by atoms with Crippen LogP contribution in [0.15, 0.2) is 48.5 Å². The minimum Gasteiger partial charge on any atom is -0.462 e. The van der Waals surface area contributed by atoms with Crippen LogP contribution in [0, 0.1) is 6.92 Å². The third-order valence-corrected chi connectivity index (χ3v) is 3.47. The lowest BCUT2D eigenvalue weighted by atomic mass is 10.1. The van der Waals surface area contributed by atoms with Gasteiger partial charge in [-0.15, -0.1) is 0 Å². The average molecular weight is 297 g/mol. The average Bonchev–Trinajstić information content (AvgIpc) is 2.55. The summed E-state index contributed by atoms with van der Waals surface area (Å²) in [6.07, 6.45) is 1.93. The van der Waals surface area contributed by atoms with Crippen molar-refractivity contribution in [3.8, 4) is 0 Å². The van der Waals surface area contributed by atoms with E-state index < -0.39 is 0 Å². The van der Waals surface area contributed by atoms with E-state index in [9.17, 15) is 4.79 Å². The van der Waals surface area contributed by atoms with E-state index in [0.717, 1.165) is 25.1 Å². The van der Waals surface area contributed by atoms with Gasteiger partial charge in [-0.3, -0.25) is 0 Å². The van der Waals surface area contributed by atoms with E-state index in [1.165, 1.54) is 11.1 Å². The molecule has 0 saturated heterocycles. The van der Waals surface area contributed by atoms with Gasteiger partial charge in [0, 0.05) is 12.2 Å². The topological polar surface area (TPSA) is 38.3 Å². The van der Waals surface area contributed by atoms with Crippen molar-refractivity contribution in [2.24, 2.45) is 0 Å². The number of ether oxygens (including phenoxy) is 1. The molecule has 0 radical (unpaired) electrons. The fourth-order valence-electron chi connectivity index (χ4n) is 2.03. The number of esters is 1. The zero-order chi connectivity index (χ0) is 15.8. The highest BCUT2D eigenvalue weighted by Gasteiger charge is 2.06. The molecule has 0 atom stereocenters. The van der Waals surface area contributed by atoms with Gasteiger partial charge < -0.3 is 10.1 Å². The van der Waals surface area contributed by atoms with E-state index in [1.54, 1.807) is 12.1 Å². The highest BCUT2D eigenvalue weighted by atomic mass is 16.5. The number of carbonyl (C=O) groups is 1. The van der Waals surface area contributed by atoms with Crippen molar-refractivity contribution < 1.29 is 9.53 Å². The van der Waals surface area contributed by atoms with Crippen LogP contribution >= 0.6 is 0 Å². The molecular formula is C19H23NO2. The Morgan fingerprint density at radius 1 is 1.05 bits per heavy atom. The summed E-state index contributed by atoms with van der Waals surface area (Å²) in [5, 5.41) is 3.35. The first-order valence-corrected chi connectivity index (χ1v) is 7.75. The van der Waals surface area contributed by atoms with E-state index >= 15 is 0 Å². The number of rotatable bonds is 7. The molecule has 0 aromatic heterocycles. The predicted molar refractivity (Wildman–Crippen MR) is 90.1 cm³/mol. The Morgan fingerprint density at radius 3 is 2.36 bits per heavy atom. The van der Waals surface area contributed by atoms with Crippen LogP contribution in [0.25, 0.3) is 0 Å². The second-order valence-corrected chi connectivity index (χ2v) is 5.41. The fraction of sp³-hybridized carbons (Fsp3) is 0.316. The molecule has 0 saturated carbocycles. The Balaban J connectivity index is 1.86. The van der Waals surface area contributed by atoms with Crippen molar-refractivity contribution in [1.82, 2.24) is 0 Å². The molecule has 2 aromatic carbocycles. The van der Waals surface area contributed by atoms with Crippen LogP contribution in [0.2, 0.25) is 0 Å². The number of hydrogen-bond donors (Lipinski definition) is 1. The highest BCUT2D eigenvalue weighted by Crippen LogP contribution is 2.13. The summed E-state index contributed by atoms with van der Waals surface area (Å²) in [6, 6.07) is 15.8. The molecular weight excluding hydrogens is 274 g/mol. The molecule has 22 heavy (non-hydrogen) atoms. The van der Waals surface area contributed by atoms with Gasteiger partial charge in [-0.25, -0.2) is 4.79 Å². The van der Waals surface area contributed by atoms with Crippen LogP contribution < -0.4 is 5.32 Å². The Bertz CT molecular complexity index is 588. The molecule has 0 aliphatic carbocycles. The van der Waals surface area contributed by atoms with Crippen LogP contribution in [0.4, 0.5) is 5.69 Å². The molecule has 0 aliphatic heterocycles. The highest BCUT2D eigenvalue weighted by molar-refractivity contribution is 5.89. The van der Waals surface area contributed by atoms with Gasteiger partial charge in [0.2, 0.25) is 0 Å². The number of benzene rings is 2. The number of carbonyl (C=O) groups excluding carboxylic acids is 1. The first-order valence-electron chi connectivity index (χ1n) is 7.75. The molecule has 3 heteroatoms. The Kier molecular flexibility index (Phi) is 6.01. The Hall–Kier alpha value is -2.29. The molecule has 116 valence electrons. The minimum atomic E-state index is -0.251. The number of hydrogen-bond acceptors (Lipinski definition) is 3. The summed E-state index contributed by atoms with van der Waals surface area (Å²) in [5.74, 6) is -0.251. The quantitative estimate of drug-likeness (QED) is 0.601. The van der Waals surface area contributed by atoms with Crippen molar-refractivity contribution in [3.05, 3.63) is 65.2 Å². The molecule has 0 aliphatic rings. The monoisotopic (exact) mass is 297 g/mol. The standard InChI is InChI=1S/C19H23NO2/c1-3-4-13-22-19(21)17-9-11-18(12-10-17)20-14-16-7-5-15(2)6-8-16/h5-12,20H,3-4,13-14H2,1-2H3. The van der Waals surface area contributed by atoms with Crippen molar-refractivity contribution in [2.45, 2.75) is 33.2 Å². The number of aryl methyl sites for hydroxylation is 1. The van der Waals surface area contributed by atoms with Crippen molar-refractivity contribution in [2.75, 3.05) is 11.9 Å². The first kappa shape index (κ1) is 16.1. The first-order chi connectivity index (χ1) is 10.7. The molecule has 0 spiro atoms. The molecule has 0 unspecified atom stereocenters. The van der Waals surface area contributed by atoms with Gasteiger partial charge in [-0.2, -0.15) is 0 Å². The van der Waals surface area contributed by atoms with Crippen LogP contribution in [-0.4, -0.2) is 12.6 Å². The summed E-state index contributed by atoms with van der Waals surface area (Å²) in [7, 11) is 0. The van der Waals surface area contributed by atoms with Gasteiger partial charge in [0.1, 0.15) is 0 Å². The molecule has 2 rings (SSSR count). The van der Waals surface area contributed by atoms with Gasteiger partial charge in [-0.05, 0) is 43.2 Å². The van der Waals surface area contributed by atoms with E-state index in [4.69, 9.17) is 4.74 Å². The Labute approximate surface area is 132 Å². The van der Waals surface area contributed by atoms with E-state index in [1.807, 2.05) is 12.1 Å². The zero-order valence-corrected chi connectivity index (χ0v) is 13.3. The molecule has 3 nitrogen and oxygen atoms in total. The van der Waals surface area contributed by atoms with Crippen LogP contribution in [0.3, 0.4) is 0 Å². The van der Waals surface area contributed by atoms with Gasteiger partial charge in [0.25, 0.3) is 0 Å². The molecule has 2 aromatic rings. The maximum Gasteiger partial charge on any atom is 0.338 e. The van der Waals surface area contributed by atoms with Crippen molar-refractivity contribution >= 4 is 11.7 Å². The lowest BCUT2D eigenvalue weighted by Crippen LogP contribution is -2.06. The fourth-order valence-corrected chi connectivity index (χ4v) is 2.03. The maximum absolute atomic E-state index is 11.8. The number of anilines is 1. The summed E-state index contributed by atoms with van der Waals surface area (Å²) in [4.78, 5) is 11.8. The van der Waals surface area contributed by atoms with Gasteiger partial charge in [-0.1, -0.05) is 43.2 Å². The zero-order valence-electron chi connectivity index (χ0n) is 13.3. The lowest BCUT2D eigenvalue weighted by molar-refractivity contribution is 0.0500. The lowest BCUT2D eigenvalue weighted by Gasteiger charge is -2.08. The molecule has 0 heterocycles.